The van der Waals surface area contributed by atoms with E-state index in [-0.39, 0.29) is 22.4 Å². The van der Waals surface area contributed by atoms with Gasteiger partial charge < -0.3 is 10.2 Å². The molecule has 1 aliphatic carbocycles. The van der Waals surface area contributed by atoms with E-state index < -0.39 is 11.6 Å². The van der Waals surface area contributed by atoms with Gasteiger partial charge in [-0.2, -0.15) is 0 Å². The van der Waals surface area contributed by atoms with Gasteiger partial charge in [-0.1, -0.05) is 195 Å². The Balaban J connectivity index is 0.000000151. The summed E-state index contributed by atoms with van der Waals surface area (Å²) in [6.45, 7) is 1.08. The molecule has 0 amide bonds. The van der Waals surface area contributed by atoms with Gasteiger partial charge in [0.1, 0.15) is 5.60 Å². The van der Waals surface area contributed by atoms with Gasteiger partial charge in [0.2, 0.25) is 0 Å². The Morgan fingerprint density at radius 2 is 0.833 bits per heavy atom. The molecule has 2 aliphatic heterocycles. The van der Waals surface area contributed by atoms with E-state index >= 15 is 0 Å². The van der Waals surface area contributed by atoms with Crippen LogP contribution in [-0.2, 0) is 15.8 Å². The molecule has 1 spiro atoms. The van der Waals surface area contributed by atoms with Crippen LogP contribution in [0.3, 0.4) is 0 Å². The smallest absolute Gasteiger partial charge is 0.300 e. The van der Waals surface area contributed by atoms with Crippen LogP contribution in [-0.4, -0.2) is 16.2 Å². The van der Waals surface area contributed by atoms with Crippen molar-refractivity contribution in [1.29, 1.82) is 0 Å². The highest BCUT2D eigenvalue weighted by Gasteiger charge is 2.50. The third kappa shape index (κ3) is 7.21. The van der Waals surface area contributed by atoms with Crippen LogP contribution >= 0.6 is 72.4 Å². The van der Waals surface area contributed by atoms with Gasteiger partial charge in [-0.3, -0.25) is 4.79 Å². The van der Waals surface area contributed by atoms with E-state index in [1.807, 2.05) is 78.5 Å². The Hall–Kier alpha value is -4.67. The van der Waals surface area contributed by atoms with E-state index in [1.165, 1.54) is 43.2 Å². The first-order valence-electron chi connectivity index (χ1n) is 19.1. The maximum atomic E-state index is 12.4. The molecular weight excluding hydrogens is 976 g/mol. The fraction of sp³-hybridized carbons (Fsp3) is 0.0577. The molecule has 0 radical (unpaired) electrons. The molecule has 2 heterocycles. The second kappa shape index (κ2) is 17.4. The maximum absolute atomic E-state index is 12.4. The molecule has 8 aromatic carbocycles. The van der Waals surface area contributed by atoms with E-state index in [0.29, 0.717) is 0 Å². The minimum atomic E-state index is -1.23. The lowest BCUT2D eigenvalue weighted by Gasteiger charge is -2.39. The maximum Gasteiger partial charge on any atom is 0.300 e. The first kappa shape index (κ1) is 42.0. The van der Waals surface area contributed by atoms with Gasteiger partial charge >= 0.3 is 0 Å². The molecule has 0 saturated heterocycles. The first-order chi connectivity index (χ1) is 28.7. The molecule has 0 bridgehead atoms. The van der Waals surface area contributed by atoms with Crippen molar-refractivity contribution >= 4 is 78.3 Å². The number of benzene rings is 8. The Morgan fingerprint density at radius 1 is 0.450 bits per heavy atom. The van der Waals surface area contributed by atoms with Crippen LogP contribution in [0.15, 0.2) is 217 Å². The number of carboxylic acids is 1. The Bertz CT molecular complexity index is 2850. The van der Waals surface area contributed by atoms with E-state index in [0.717, 1.165) is 53.5 Å². The molecule has 1 unspecified atom stereocenters. The summed E-state index contributed by atoms with van der Waals surface area (Å²) in [7, 11) is 0. The summed E-state index contributed by atoms with van der Waals surface area (Å²) in [6.07, 6.45) is 0. The van der Waals surface area contributed by atoms with Crippen LogP contribution in [0, 0.1) is 0 Å². The SMILES string of the molecule is Br.Brc1ccc2c(c1)C1(c3ccccc3S2)c2ccccc2-c2ccccc21.CC(=O)O.OC1(c2ccccc2-c2ccccc2)c2ccccc2Sc2ccc(Br)cc21. The Morgan fingerprint density at radius 3 is 1.40 bits per heavy atom. The third-order valence-electron chi connectivity index (χ3n) is 11.0. The zero-order chi connectivity index (χ0) is 40.7. The van der Waals surface area contributed by atoms with Gasteiger partial charge in [0.25, 0.3) is 5.97 Å². The summed E-state index contributed by atoms with van der Waals surface area (Å²) in [6, 6.07) is 66.2. The standard InChI is InChI=1S/C25H17BrOS.C25H15BrS.C2H4O2.BrH/c26-18-14-15-24-22(16-18)25(27,21-12-6-7-13-23(21)28-24)20-11-5-4-10-19(20)17-8-2-1-3-9-17;26-16-13-14-24-22(15-16)25(21-11-5-6-12-23(21)27-24)19-9-3-1-7-17(19)18-8-2-4-10-20(18)25;1-2(3)4;/h1-16,27H;1-15H;1H3,(H,3,4);1H. The highest BCUT2D eigenvalue weighted by Crippen LogP contribution is 2.62. The van der Waals surface area contributed by atoms with E-state index in [1.54, 1.807) is 11.8 Å². The van der Waals surface area contributed by atoms with Crippen molar-refractivity contribution in [2.45, 2.75) is 37.5 Å². The van der Waals surface area contributed by atoms with E-state index in [4.69, 9.17) is 9.90 Å². The zero-order valence-electron chi connectivity index (χ0n) is 32.2. The van der Waals surface area contributed by atoms with Gasteiger partial charge in [0.15, 0.2) is 0 Å². The van der Waals surface area contributed by atoms with Gasteiger partial charge in [-0.15, -0.1) is 17.0 Å². The minimum absolute atomic E-state index is 0. The average Bonchev–Trinajstić information content (AvgIpc) is 3.55. The lowest BCUT2D eigenvalue weighted by molar-refractivity contribution is -0.134. The predicted molar refractivity (Wildman–Crippen MR) is 258 cm³/mol. The molecule has 1 atom stereocenters. The molecule has 8 aromatic rings. The fourth-order valence-corrected chi connectivity index (χ4v) is 11.8. The molecule has 11 rings (SSSR count). The molecule has 0 fully saturated rings. The summed E-state index contributed by atoms with van der Waals surface area (Å²) in [5.41, 5.74) is 11.6. The number of aliphatic carboxylic acids is 1. The van der Waals surface area contributed by atoms with Gasteiger partial charge in [-0.05, 0) is 93.0 Å². The summed E-state index contributed by atoms with van der Waals surface area (Å²) >= 11 is 10.9. The van der Waals surface area contributed by atoms with Crippen LogP contribution in [0.25, 0.3) is 22.3 Å². The molecule has 0 aromatic heterocycles. The van der Waals surface area contributed by atoms with Crippen LogP contribution in [0.1, 0.15) is 45.9 Å². The summed E-state index contributed by atoms with van der Waals surface area (Å²) in [5, 5.41) is 19.8. The molecule has 3 nitrogen and oxygen atoms in total. The number of fused-ring (bicyclic) bond motifs is 11. The lowest BCUT2D eigenvalue weighted by atomic mass is 9.67. The predicted octanol–water partition coefficient (Wildman–Crippen LogP) is 14.8. The minimum Gasteiger partial charge on any atom is -0.481 e. The average molecular weight is 1010 g/mol. The quantitative estimate of drug-likeness (QED) is 0.181. The highest BCUT2D eigenvalue weighted by molar-refractivity contribution is 9.10. The van der Waals surface area contributed by atoms with Crippen LogP contribution in [0.2, 0.25) is 0 Å². The van der Waals surface area contributed by atoms with Crippen molar-refractivity contribution in [1.82, 2.24) is 0 Å². The second-order valence-corrected chi connectivity index (χ2v) is 18.5. The van der Waals surface area contributed by atoms with Crippen molar-refractivity contribution in [3.05, 3.63) is 236 Å². The third-order valence-corrected chi connectivity index (χ3v) is 14.3. The number of rotatable bonds is 2. The van der Waals surface area contributed by atoms with Crippen molar-refractivity contribution < 1.29 is 15.0 Å². The van der Waals surface area contributed by atoms with Gasteiger partial charge in [0.05, 0.1) is 5.41 Å². The summed E-state index contributed by atoms with van der Waals surface area (Å²) in [5.74, 6) is -0.833. The molecule has 0 saturated carbocycles. The van der Waals surface area contributed by atoms with Gasteiger partial charge in [-0.25, -0.2) is 0 Å². The Labute approximate surface area is 386 Å². The molecule has 3 aliphatic rings. The van der Waals surface area contributed by atoms with Crippen LogP contribution in [0.4, 0.5) is 0 Å². The summed E-state index contributed by atoms with van der Waals surface area (Å²) < 4.78 is 2.09. The molecule has 8 heteroatoms. The molecule has 296 valence electrons. The Kier molecular flexibility index (Phi) is 12.2. The van der Waals surface area contributed by atoms with Crippen molar-refractivity contribution in [3.8, 4) is 22.3 Å². The first-order valence-corrected chi connectivity index (χ1v) is 22.3. The van der Waals surface area contributed by atoms with Crippen molar-refractivity contribution in [2.75, 3.05) is 0 Å². The van der Waals surface area contributed by atoms with Crippen molar-refractivity contribution in [3.63, 3.8) is 0 Å². The highest BCUT2D eigenvalue weighted by atomic mass is 79.9. The molecular formula is C52H37Br3O3S2. The zero-order valence-corrected chi connectivity index (χ0v) is 38.7. The largest absolute Gasteiger partial charge is 0.481 e. The molecule has 60 heavy (non-hydrogen) atoms. The van der Waals surface area contributed by atoms with E-state index in [9.17, 15) is 5.11 Å². The topological polar surface area (TPSA) is 57.5 Å². The van der Waals surface area contributed by atoms with E-state index in [2.05, 4.69) is 153 Å². The van der Waals surface area contributed by atoms with Crippen LogP contribution in [0.5, 0.6) is 0 Å². The van der Waals surface area contributed by atoms with Crippen molar-refractivity contribution in [2.24, 2.45) is 0 Å². The number of carboxylic acid groups (broad SMARTS) is 1. The normalized spacial score (nSPS) is 15.4. The monoisotopic (exact) mass is 1010 g/mol. The number of carbonyl (C=O) groups is 1. The van der Waals surface area contributed by atoms with Gasteiger partial charge in [0, 0.05) is 52.1 Å². The number of halogens is 3. The lowest BCUT2D eigenvalue weighted by Crippen LogP contribution is -2.32. The number of hydrogen-bond donors (Lipinski definition) is 2. The number of aliphatic hydroxyl groups is 1. The second-order valence-electron chi connectivity index (χ2n) is 14.5. The molecule has 2 N–H and O–H groups in total. The van der Waals surface area contributed by atoms with Crippen LogP contribution < -0.4 is 0 Å². The number of hydrogen-bond acceptors (Lipinski definition) is 4. The summed E-state index contributed by atoms with van der Waals surface area (Å²) in [4.78, 5) is 13.8. The fourth-order valence-electron chi connectivity index (χ4n) is 8.78.